The van der Waals surface area contributed by atoms with Gasteiger partial charge in [-0.3, -0.25) is 0 Å². The molecule has 0 spiro atoms. The second-order valence-corrected chi connectivity index (χ2v) is 7.01. The van der Waals surface area contributed by atoms with Gasteiger partial charge in [-0.2, -0.15) is 17.0 Å². The van der Waals surface area contributed by atoms with Crippen molar-refractivity contribution in [2.75, 3.05) is 17.8 Å². The van der Waals surface area contributed by atoms with Gasteiger partial charge in [0.05, 0.1) is 17.4 Å². The predicted molar refractivity (Wildman–Crippen MR) is 67.0 cm³/mol. The Hall–Kier alpha value is -1.06. The minimum absolute atomic E-state index is 0.109. The Morgan fingerprint density at radius 2 is 2.12 bits per heavy atom. The third-order valence-corrected chi connectivity index (χ3v) is 4.19. The molecule has 0 amide bonds. The standard InChI is InChI=1S/C11H12FNO2S2/c1-17(14,15)3-2-16-8-10-4-9(7-13)5-11(12)6-10/h4-6H,2-3,8H2,1H3. The number of nitrogens with zero attached hydrogens (tertiary/aromatic N) is 1. The Balaban J connectivity index is 2.53. The van der Waals surface area contributed by atoms with Crippen LogP contribution in [-0.4, -0.2) is 26.2 Å². The molecule has 0 bridgehead atoms. The zero-order valence-corrected chi connectivity index (χ0v) is 10.9. The van der Waals surface area contributed by atoms with E-state index in [-0.39, 0.29) is 11.3 Å². The molecule has 92 valence electrons. The third kappa shape index (κ3) is 5.71. The molecule has 0 radical (unpaired) electrons. The van der Waals surface area contributed by atoms with Gasteiger partial charge < -0.3 is 0 Å². The van der Waals surface area contributed by atoms with E-state index in [2.05, 4.69) is 0 Å². The quantitative estimate of drug-likeness (QED) is 0.770. The summed E-state index contributed by atoms with van der Waals surface area (Å²) in [6.45, 7) is 0. The van der Waals surface area contributed by atoms with Gasteiger partial charge in [0, 0.05) is 17.8 Å². The van der Waals surface area contributed by atoms with Crippen molar-refractivity contribution >= 4 is 21.6 Å². The summed E-state index contributed by atoms with van der Waals surface area (Å²) in [7, 11) is -2.95. The van der Waals surface area contributed by atoms with Crippen LogP contribution in [0.5, 0.6) is 0 Å². The molecule has 0 N–H and O–H groups in total. The van der Waals surface area contributed by atoms with Gasteiger partial charge in [-0.15, -0.1) is 0 Å². The summed E-state index contributed by atoms with van der Waals surface area (Å²) in [4.78, 5) is 0. The zero-order chi connectivity index (χ0) is 12.9. The monoisotopic (exact) mass is 273 g/mol. The number of halogens is 1. The van der Waals surface area contributed by atoms with Crippen molar-refractivity contribution < 1.29 is 12.8 Å². The van der Waals surface area contributed by atoms with Gasteiger partial charge in [0.2, 0.25) is 0 Å². The summed E-state index contributed by atoms with van der Waals surface area (Å²) in [6, 6.07) is 6.01. The molecule has 0 aliphatic heterocycles. The molecule has 0 unspecified atom stereocenters. The van der Waals surface area contributed by atoms with Crippen LogP contribution in [0.4, 0.5) is 4.39 Å². The summed E-state index contributed by atoms with van der Waals surface area (Å²) in [5.74, 6) is 0.639. The molecule has 0 atom stereocenters. The number of nitriles is 1. The second kappa shape index (κ2) is 6.03. The normalized spacial score (nSPS) is 11.1. The molecule has 0 aliphatic rings. The van der Waals surface area contributed by atoms with Crippen molar-refractivity contribution in [1.29, 1.82) is 5.26 Å². The molecule has 0 fully saturated rings. The Morgan fingerprint density at radius 3 is 2.71 bits per heavy atom. The molecule has 1 aromatic carbocycles. The van der Waals surface area contributed by atoms with Crippen LogP contribution < -0.4 is 0 Å². The van der Waals surface area contributed by atoms with E-state index in [1.807, 2.05) is 6.07 Å². The van der Waals surface area contributed by atoms with Gasteiger partial charge in [0.25, 0.3) is 0 Å². The van der Waals surface area contributed by atoms with Gasteiger partial charge in [-0.25, -0.2) is 12.8 Å². The number of hydrogen-bond donors (Lipinski definition) is 0. The lowest BCUT2D eigenvalue weighted by Gasteiger charge is -2.02. The summed E-state index contributed by atoms with van der Waals surface area (Å²) < 4.78 is 34.8. The Labute approximate surface area is 105 Å². The summed E-state index contributed by atoms with van der Waals surface area (Å²) in [6.07, 6.45) is 1.18. The Kier molecular flexibility index (Phi) is 4.97. The summed E-state index contributed by atoms with van der Waals surface area (Å²) in [5.41, 5.74) is 0.976. The van der Waals surface area contributed by atoms with Crippen LogP contribution in [0, 0.1) is 17.1 Å². The highest BCUT2D eigenvalue weighted by Gasteiger charge is 2.04. The smallest absolute Gasteiger partial charge is 0.148 e. The maximum Gasteiger partial charge on any atom is 0.148 e. The first-order chi connectivity index (χ1) is 7.90. The predicted octanol–water partition coefficient (Wildman–Crippen LogP) is 1.98. The first-order valence-corrected chi connectivity index (χ1v) is 8.07. The van der Waals surface area contributed by atoms with Crippen LogP contribution in [0.3, 0.4) is 0 Å². The molecule has 3 nitrogen and oxygen atoms in total. The first-order valence-electron chi connectivity index (χ1n) is 4.86. The second-order valence-electron chi connectivity index (χ2n) is 3.64. The molecule has 0 aromatic heterocycles. The molecule has 0 aliphatic carbocycles. The SMILES string of the molecule is CS(=O)(=O)CCSCc1cc(F)cc(C#N)c1. The molecule has 17 heavy (non-hydrogen) atoms. The van der Waals surface area contributed by atoms with E-state index in [1.165, 1.54) is 30.2 Å². The van der Waals surface area contributed by atoms with Crippen LogP contribution in [0.2, 0.25) is 0 Å². The number of benzene rings is 1. The molecule has 0 saturated heterocycles. The molecule has 0 saturated carbocycles. The fourth-order valence-electron chi connectivity index (χ4n) is 1.20. The van der Waals surface area contributed by atoms with Crippen molar-refractivity contribution in [3.05, 3.63) is 35.1 Å². The van der Waals surface area contributed by atoms with E-state index in [0.717, 1.165) is 0 Å². The lowest BCUT2D eigenvalue weighted by Crippen LogP contribution is -2.05. The lowest BCUT2D eigenvalue weighted by atomic mass is 10.1. The molecule has 1 rings (SSSR count). The Morgan fingerprint density at radius 1 is 1.41 bits per heavy atom. The molecular weight excluding hydrogens is 261 g/mol. The van der Waals surface area contributed by atoms with Crippen LogP contribution in [-0.2, 0) is 15.6 Å². The highest BCUT2D eigenvalue weighted by atomic mass is 32.2. The minimum Gasteiger partial charge on any atom is -0.229 e. The van der Waals surface area contributed by atoms with Crippen LogP contribution >= 0.6 is 11.8 Å². The zero-order valence-electron chi connectivity index (χ0n) is 9.31. The van der Waals surface area contributed by atoms with Gasteiger partial charge in [0.1, 0.15) is 15.7 Å². The van der Waals surface area contributed by atoms with Gasteiger partial charge in [-0.1, -0.05) is 0 Å². The molecule has 6 heteroatoms. The van der Waals surface area contributed by atoms with Crippen molar-refractivity contribution in [3.8, 4) is 6.07 Å². The average molecular weight is 273 g/mol. The fraction of sp³-hybridized carbons (Fsp3) is 0.364. The van der Waals surface area contributed by atoms with Gasteiger partial charge in [-0.05, 0) is 23.8 Å². The Bertz CT molecular complexity index is 535. The third-order valence-electron chi connectivity index (χ3n) is 1.95. The number of sulfone groups is 1. The van der Waals surface area contributed by atoms with Crippen LogP contribution in [0.15, 0.2) is 18.2 Å². The topological polar surface area (TPSA) is 57.9 Å². The van der Waals surface area contributed by atoms with Crippen molar-refractivity contribution in [2.24, 2.45) is 0 Å². The van der Waals surface area contributed by atoms with E-state index in [0.29, 0.717) is 17.1 Å². The first kappa shape index (κ1) is 14.0. The van der Waals surface area contributed by atoms with E-state index < -0.39 is 15.7 Å². The summed E-state index contributed by atoms with van der Waals surface area (Å²) >= 11 is 1.41. The number of thioether (sulfide) groups is 1. The van der Waals surface area contributed by atoms with Crippen molar-refractivity contribution in [3.63, 3.8) is 0 Å². The number of rotatable bonds is 5. The largest absolute Gasteiger partial charge is 0.229 e. The highest BCUT2D eigenvalue weighted by molar-refractivity contribution is 7.99. The average Bonchev–Trinajstić information content (AvgIpc) is 2.22. The van der Waals surface area contributed by atoms with E-state index >= 15 is 0 Å². The molecular formula is C11H12FNO2S2. The van der Waals surface area contributed by atoms with Gasteiger partial charge >= 0.3 is 0 Å². The lowest BCUT2D eigenvalue weighted by molar-refractivity contribution is 0.603. The maximum absolute atomic E-state index is 13.1. The van der Waals surface area contributed by atoms with Crippen molar-refractivity contribution in [2.45, 2.75) is 5.75 Å². The fourth-order valence-corrected chi connectivity index (χ4v) is 3.43. The van der Waals surface area contributed by atoms with Gasteiger partial charge in [0.15, 0.2) is 0 Å². The minimum atomic E-state index is -2.95. The number of hydrogen-bond acceptors (Lipinski definition) is 4. The van der Waals surface area contributed by atoms with Crippen LogP contribution in [0.25, 0.3) is 0 Å². The highest BCUT2D eigenvalue weighted by Crippen LogP contribution is 2.15. The molecule has 1 aromatic rings. The maximum atomic E-state index is 13.1. The van der Waals surface area contributed by atoms with Crippen molar-refractivity contribution in [1.82, 2.24) is 0 Å². The van der Waals surface area contributed by atoms with E-state index in [1.54, 1.807) is 6.07 Å². The van der Waals surface area contributed by atoms with E-state index in [4.69, 9.17) is 5.26 Å². The van der Waals surface area contributed by atoms with Crippen LogP contribution in [0.1, 0.15) is 11.1 Å². The molecule has 0 heterocycles. The summed E-state index contributed by atoms with van der Waals surface area (Å²) in [5, 5.41) is 8.66. The van der Waals surface area contributed by atoms with E-state index in [9.17, 15) is 12.8 Å².